The van der Waals surface area contributed by atoms with Crippen LogP contribution >= 0.6 is 7.75 Å². The Labute approximate surface area is 257 Å². The lowest BCUT2D eigenvalue weighted by Crippen LogP contribution is -2.36. The fraction of sp³-hybridized carbons (Fsp3) is 0.606. The number of ether oxygens (including phenoxy) is 1. The number of benzene rings is 2. The maximum atomic E-state index is 13.6. The molecular formula is C33H51N2O7P. The van der Waals surface area contributed by atoms with Gasteiger partial charge in [-0.3, -0.25) is 14.9 Å². The van der Waals surface area contributed by atoms with Crippen molar-refractivity contribution in [2.45, 2.75) is 123 Å². The second-order valence-electron chi connectivity index (χ2n) is 11.1. The normalized spacial score (nSPS) is 13.2. The van der Waals surface area contributed by atoms with Crippen molar-refractivity contribution >= 4 is 19.4 Å². The number of nitrogens with zero attached hydrogens (tertiary/aromatic N) is 1. The maximum absolute atomic E-state index is 13.6. The molecule has 0 heterocycles. The molecule has 9 nitrogen and oxygen atoms in total. The van der Waals surface area contributed by atoms with Crippen molar-refractivity contribution in [3.63, 3.8) is 0 Å². The van der Waals surface area contributed by atoms with Gasteiger partial charge in [0.05, 0.1) is 11.5 Å². The molecule has 0 fully saturated rings. The van der Waals surface area contributed by atoms with Crippen molar-refractivity contribution in [1.29, 1.82) is 0 Å². The lowest BCUT2D eigenvalue weighted by molar-refractivity contribution is -0.384. The highest BCUT2D eigenvalue weighted by Crippen LogP contribution is 2.45. The lowest BCUT2D eigenvalue weighted by atomic mass is 10.0. The van der Waals surface area contributed by atoms with Gasteiger partial charge in [0.1, 0.15) is 17.5 Å². The molecule has 0 saturated heterocycles. The Morgan fingerprint density at radius 3 is 1.65 bits per heavy atom. The Morgan fingerprint density at radius 1 is 0.744 bits per heavy atom. The fourth-order valence-corrected chi connectivity index (χ4v) is 6.22. The number of carbonyl (C=O) groups excluding carboxylic acids is 1. The molecule has 10 heteroatoms. The molecule has 0 aliphatic heterocycles. The average Bonchev–Trinajstić information content (AvgIpc) is 2.99. The summed E-state index contributed by atoms with van der Waals surface area (Å²) in [5, 5.41) is 13.6. The van der Waals surface area contributed by atoms with Gasteiger partial charge in [0.2, 0.25) is 0 Å². The van der Waals surface area contributed by atoms with Crippen molar-refractivity contribution in [3.05, 3.63) is 64.7 Å². The second-order valence-corrected chi connectivity index (χ2v) is 12.7. The fourth-order valence-electron chi connectivity index (χ4n) is 4.70. The number of nitro benzene ring substituents is 1. The van der Waals surface area contributed by atoms with Crippen LogP contribution in [0.2, 0.25) is 0 Å². The summed E-state index contributed by atoms with van der Waals surface area (Å²) in [5.74, 6) is -0.203. The van der Waals surface area contributed by atoms with Gasteiger partial charge >= 0.3 is 13.7 Å². The molecule has 2 rings (SSSR count). The van der Waals surface area contributed by atoms with E-state index in [-0.39, 0.29) is 23.8 Å². The minimum absolute atomic E-state index is 0.0890. The Bertz CT molecular complexity index is 1080. The van der Waals surface area contributed by atoms with Gasteiger partial charge in [0.25, 0.3) is 5.69 Å². The number of nitrogens with one attached hydrogen (secondary N) is 1. The van der Waals surface area contributed by atoms with Crippen LogP contribution in [0, 0.1) is 10.1 Å². The van der Waals surface area contributed by atoms with Gasteiger partial charge < -0.3 is 13.8 Å². The molecule has 0 radical (unpaired) electrons. The van der Waals surface area contributed by atoms with Crippen LogP contribution in [0.1, 0.15) is 117 Å². The van der Waals surface area contributed by atoms with Gasteiger partial charge in [-0.1, -0.05) is 121 Å². The molecule has 0 aromatic heterocycles. The van der Waals surface area contributed by atoms with Gasteiger partial charge in [-0.15, -0.1) is 0 Å². The standard InChI is InChI=1S/C33H51N2O7P/c1-3-4-5-6-7-8-9-10-11-12-13-14-15-16-17-21-28-40-33(36)29(2)34-43(39,41-31-22-19-18-20-23-31)42-32-26-24-30(25-27-32)35(37)38/h18-20,22-27,29H,3-17,21,28H2,1-2H3,(H,34,39)/t29-,43?/m0/s1. The van der Waals surface area contributed by atoms with Gasteiger partial charge in [-0.05, 0) is 37.6 Å². The molecule has 1 N–H and O–H groups in total. The SMILES string of the molecule is CCCCCCCCCCCCCCCCCCOC(=O)[C@H](C)NP(=O)(Oc1ccccc1)Oc1ccc([N+](=O)[O-])cc1. The summed E-state index contributed by atoms with van der Waals surface area (Å²) >= 11 is 0. The molecular weight excluding hydrogens is 567 g/mol. The Hall–Kier alpha value is -2.90. The number of hydrogen-bond acceptors (Lipinski definition) is 7. The Morgan fingerprint density at radius 2 is 1.19 bits per heavy atom. The monoisotopic (exact) mass is 618 g/mol. The van der Waals surface area contributed by atoms with Gasteiger partial charge in [0, 0.05) is 12.1 Å². The van der Waals surface area contributed by atoms with Crippen LogP contribution in [-0.2, 0) is 14.1 Å². The van der Waals surface area contributed by atoms with Crippen LogP contribution in [0.4, 0.5) is 5.69 Å². The van der Waals surface area contributed by atoms with E-state index in [9.17, 15) is 19.5 Å². The van der Waals surface area contributed by atoms with E-state index in [1.54, 1.807) is 30.3 Å². The first-order chi connectivity index (χ1) is 20.8. The zero-order valence-electron chi connectivity index (χ0n) is 26.0. The molecule has 0 aliphatic carbocycles. The summed E-state index contributed by atoms with van der Waals surface area (Å²) in [6.45, 7) is 4.07. The molecule has 1 unspecified atom stereocenters. The molecule has 0 amide bonds. The first kappa shape index (κ1) is 36.3. The lowest BCUT2D eigenvalue weighted by Gasteiger charge is -2.23. The van der Waals surface area contributed by atoms with Crippen LogP contribution in [0.25, 0.3) is 0 Å². The summed E-state index contributed by atoms with van der Waals surface area (Å²) in [4.78, 5) is 23.0. The van der Waals surface area contributed by atoms with Crippen molar-refractivity contribution in [1.82, 2.24) is 5.09 Å². The quantitative estimate of drug-likeness (QED) is 0.0384. The summed E-state index contributed by atoms with van der Waals surface area (Å²) in [5.41, 5.74) is -0.134. The predicted octanol–water partition coefficient (Wildman–Crippen LogP) is 9.94. The minimum Gasteiger partial charge on any atom is -0.465 e. The van der Waals surface area contributed by atoms with Crippen molar-refractivity contribution in [3.8, 4) is 11.5 Å². The highest BCUT2D eigenvalue weighted by Gasteiger charge is 2.34. The van der Waals surface area contributed by atoms with E-state index >= 15 is 0 Å². The molecule has 0 saturated carbocycles. The smallest absolute Gasteiger partial charge is 0.465 e. The third kappa shape index (κ3) is 16.5. The van der Waals surface area contributed by atoms with Crippen LogP contribution in [0.5, 0.6) is 11.5 Å². The van der Waals surface area contributed by atoms with E-state index in [2.05, 4.69) is 12.0 Å². The summed E-state index contributed by atoms with van der Waals surface area (Å²) in [7, 11) is -4.11. The number of nitro groups is 1. The third-order valence-corrected chi connectivity index (χ3v) is 8.80. The first-order valence-electron chi connectivity index (χ1n) is 16.1. The first-order valence-corrected chi connectivity index (χ1v) is 17.6. The van der Waals surface area contributed by atoms with Crippen molar-refractivity contribution < 1.29 is 28.1 Å². The number of hydrogen-bond donors (Lipinski definition) is 1. The van der Waals surface area contributed by atoms with Crippen molar-refractivity contribution in [2.24, 2.45) is 0 Å². The molecule has 2 atom stereocenters. The maximum Gasteiger partial charge on any atom is 0.513 e. The van der Waals surface area contributed by atoms with Crippen LogP contribution in [0.15, 0.2) is 54.6 Å². The number of para-hydroxylation sites is 1. The number of esters is 1. The molecule has 0 aliphatic rings. The van der Waals surface area contributed by atoms with E-state index < -0.39 is 24.7 Å². The van der Waals surface area contributed by atoms with E-state index in [1.165, 1.54) is 115 Å². The van der Waals surface area contributed by atoms with Gasteiger partial charge in [-0.25, -0.2) is 4.57 Å². The highest BCUT2D eigenvalue weighted by atomic mass is 31.2. The molecule has 0 spiro atoms. The van der Waals surface area contributed by atoms with Gasteiger partial charge in [0.15, 0.2) is 0 Å². The van der Waals surface area contributed by atoms with Gasteiger partial charge in [-0.2, -0.15) is 5.09 Å². The Kier molecular flexibility index (Phi) is 18.3. The molecule has 2 aromatic rings. The van der Waals surface area contributed by atoms with E-state index in [4.69, 9.17) is 13.8 Å². The molecule has 240 valence electrons. The summed E-state index contributed by atoms with van der Waals surface area (Å²) < 4.78 is 30.2. The number of unbranched alkanes of at least 4 members (excludes halogenated alkanes) is 15. The predicted molar refractivity (Wildman–Crippen MR) is 172 cm³/mol. The summed E-state index contributed by atoms with van der Waals surface area (Å²) in [6.07, 6.45) is 20.3. The largest absolute Gasteiger partial charge is 0.513 e. The zero-order chi connectivity index (χ0) is 31.2. The summed E-state index contributed by atoms with van der Waals surface area (Å²) in [6, 6.07) is 12.5. The molecule has 2 aromatic carbocycles. The molecule has 0 bridgehead atoms. The number of rotatable bonds is 25. The number of non-ortho nitro benzene ring substituents is 1. The third-order valence-electron chi connectivity index (χ3n) is 7.19. The second kappa shape index (κ2) is 21.7. The van der Waals surface area contributed by atoms with Crippen molar-refractivity contribution in [2.75, 3.05) is 6.61 Å². The minimum atomic E-state index is -4.11. The zero-order valence-corrected chi connectivity index (χ0v) is 26.9. The Balaban J connectivity index is 1.63. The molecule has 43 heavy (non-hydrogen) atoms. The van der Waals surface area contributed by atoms with E-state index in [0.29, 0.717) is 0 Å². The van der Waals surface area contributed by atoms with Crippen LogP contribution in [0.3, 0.4) is 0 Å². The topological polar surface area (TPSA) is 117 Å². The van der Waals surface area contributed by atoms with Crippen LogP contribution in [-0.4, -0.2) is 23.5 Å². The highest BCUT2D eigenvalue weighted by molar-refractivity contribution is 7.52. The van der Waals surface area contributed by atoms with E-state index in [0.717, 1.165) is 19.3 Å². The number of carbonyl (C=O) groups is 1. The average molecular weight is 619 g/mol. The van der Waals surface area contributed by atoms with E-state index in [1.807, 2.05) is 0 Å². The van der Waals surface area contributed by atoms with Crippen LogP contribution < -0.4 is 14.1 Å².